The lowest BCUT2D eigenvalue weighted by atomic mass is 9.87. The van der Waals surface area contributed by atoms with Crippen LogP contribution in [0.3, 0.4) is 0 Å². The van der Waals surface area contributed by atoms with Gasteiger partial charge in [-0.2, -0.15) is 0 Å². The second kappa shape index (κ2) is 4.61. The van der Waals surface area contributed by atoms with Gasteiger partial charge in [-0.25, -0.2) is 0 Å². The lowest BCUT2D eigenvalue weighted by molar-refractivity contribution is -0.326. The fourth-order valence-corrected chi connectivity index (χ4v) is 0.688. The Kier molecular flexibility index (Phi) is 4.34. The second-order valence-electron chi connectivity index (χ2n) is 3.11. The van der Waals surface area contributed by atoms with Crippen LogP contribution in [0.5, 0.6) is 0 Å². The second-order valence-corrected chi connectivity index (χ2v) is 3.11. The molecule has 0 amide bonds. The first kappa shape index (κ1) is 13.2. The molecule has 0 aromatic carbocycles. The van der Waals surface area contributed by atoms with Gasteiger partial charge >= 0.3 is 12.3 Å². The molecule has 0 saturated heterocycles. The molecule has 4 nitrogen and oxygen atoms in total. The van der Waals surface area contributed by atoms with E-state index >= 15 is 0 Å². The summed E-state index contributed by atoms with van der Waals surface area (Å²) in [4.78, 5) is 10.6. The first-order valence-electron chi connectivity index (χ1n) is 3.85. The molecule has 1 atom stereocenters. The molecule has 7 heteroatoms. The molecule has 0 aromatic rings. The monoisotopic (exact) mass is 215 g/mol. The molecule has 0 saturated carbocycles. The number of alkyl halides is 3. The fourth-order valence-electron chi connectivity index (χ4n) is 0.688. The van der Waals surface area contributed by atoms with Crippen LogP contribution < -0.4 is 5.73 Å². The van der Waals surface area contributed by atoms with E-state index in [2.05, 4.69) is 4.74 Å². The average Bonchev–Trinajstić information content (AvgIpc) is 2.01. The number of aliphatic carboxylic acids is 1. The predicted octanol–water partition coefficient (Wildman–Crippen LogP) is 0.963. The van der Waals surface area contributed by atoms with Gasteiger partial charge in [-0.05, 0) is 13.3 Å². The zero-order valence-electron chi connectivity index (χ0n) is 7.60. The van der Waals surface area contributed by atoms with E-state index in [4.69, 9.17) is 10.8 Å². The number of halogens is 3. The van der Waals surface area contributed by atoms with Crippen LogP contribution in [0.15, 0.2) is 0 Å². The standard InChI is InChI=1S/C7H12F3NO3/c1-6(4-11,5(12)13)2-3-14-7(8,9)10/h2-4,11H2,1H3,(H,12,13). The van der Waals surface area contributed by atoms with Crippen LogP contribution in [0.1, 0.15) is 13.3 Å². The van der Waals surface area contributed by atoms with Gasteiger partial charge in [0.05, 0.1) is 12.0 Å². The number of carbonyl (C=O) groups is 1. The van der Waals surface area contributed by atoms with E-state index in [9.17, 15) is 18.0 Å². The Bertz CT molecular complexity index is 207. The fraction of sp³-hybridized carbons (Fsp3) is 0.857. The summed E-state index contributed by atoms with van der Waals surface area (Å²) >= 11 is 0. The molecule has 0 aliphatic heterocycles. The van der Waals surface area contributed by atoms with Crippen LogP contribution in [0.25, 0.3) is 0 Å². The van der Waals surface area contributed by atoms with Crippen molar-refractivity contribution in [2.75, 3.05) is 13.2 Å². The maximum absolute atomic E-state index is 11.5. The molecule has 0 radical (unpaired) electrons. The van der Waals surface area contributed by atoms with Gasteiger partial charge in [0.15, 0.2) is 0 Å². The van der Waals surface area contributed by atoms with Gasteiger partial charge in [-0.3, -0.25) is 9.53 Å². The van der Waals surface area contributed by atoms with Gasteiger partial charge in [0.25, 0.3) is 0 Å². The molecule has 0 aliphatic carbocycles. The minimum atomic E-state index is -4.73. The van der Waals surface area contributed by atoms with E-state index in [1.165, 1.54) is 6.92 Å². The average molecular weight is 215 g/mol. The van der Waals surface area contributed by atoms with Crippen molar-refractivity contribution in [2.24, 2.45) is 11.1 Å². The molecule has 0 bridgehead atoms. The number of hydrogen-bond acceptors (Lipinski definition) is 3. The number of hydrogen-bond donors (Lipinski definition) is 2. The van der Waals surface area contributed by atoms with Crippen molar-refractivity contribution in [3.8, 4) is 0 Å². The van der Waals surface area contributed by atoms with Crippen LogP contribution in [0.4, 0.5) is 13.2 Å². The summed E-state index contributed by atoms with van der Waals surface area (Å²) in [6, 6.07) is 0. The van der Waals surface area contributed by atoms with E-state index in [0.29, 0.717) is 0 Å². The number of rotatable bonds is 5. The number of nitrogens with two attached hydrogens (primary N) is 1. The predicted molar refractivity (Wildman–Crippen MR) is 41.4 cm³/mol. The summed E-state index contributed by atoms with van der Waals surface area (Å²) in [5.41, 5.74) is 3.77. The highest BCUT2D eigenvalue weighted by Gasteiger charge is 2.34. The van der Waals surface area contributed by atoms with Crippen LogP contribution >= 0.6 is 0 Å². The number of carboxylic acids is 1. The van der Waals surface area contributed by atoms with E-state index in [1.54, 1.807) is 0 Å². The third-order valence-corrected chi connectivity index (χ3v) is 1.89. The van der Waals surface area contributed by atoms with E-state index in [1.807, 2.05) is 0 Å². The molecule has 0 fully saturated rings. The smallest absolute Gasteiger partial charge is 0.481 e. The van der Waals surface area contributed by atoms with Crippen LogP contribution in [0, 0.1) is 5.41 Å². The third-order valence-electron chi connectivity index (χ3n) is 1.89. The normalized spacial score (nSPS) is 16.4. The molecule has 1 unspecified atom stereocenters. The van der Waals surface area contributed by atoms with Crippen molar-refractivity contribution in [2.45, 2.75) is 19.7 Å². The highest BCUT2D eigenvalue weighted by molar-refractivity contribution is 5.74. The quantitative estimate of drug-likeness (QED) is 0.716. The Labute approximate surface area is 78.8 Å². The van der Waals surface area contributed by atoms with Crippen molar-refractivity contribution in [3.05, 3.63) is 0 Å². The largest absolute Gasteiger partial charge is 0.522 e. The van der Waals surface area contributed by atoms with Crippen LogP contribution in [0.2, 0.25) is 0 Å². The Morgan fingerprint density at radius 3 is 2.29 bits per heavy atom. The molecular weight excluding hydrogens is 203 g/mol. The molecule has 3 N–H and O–H groups in total. The summed E-state index contributed by atoms with van der Waals surface area (Å²) in [7, 11) is 0. The summed E-state index contributed by atoms with van der Waals surface area (Å²) in [5, 5.41) is 8.65. The summed E-state index contributed by atoms with van der Waals surface area (Å²) in [5.74, 6) is -1.23. The van der Waals surface area contributed by atoms with Crippen LogP contribution in [-0.2, 0) is 9.53 Å². The topological polar surface area (TPSA) is 72.5 Å². The van der Waals surface area contributed by atoms with Crippen molar-refractivity contribution in [3.63, 3.8) is 0 Å². The van der Waals surface area contributed by atoms with Gasteiger partial charge in [0.1, 0.15) is 0 Å². The molecule has 0 aliphatic rings. The van der Waals surface area contributed by atoms with Gasteiger partial charge in [-0.1, -0.05) is 0 Å². The van der Waals surface area contributed by atoms with Gasteiger partial charge < -0.3 is 10.8 Å². The lowest BCUT2D eigenvalue weighted by Gasteiger charge is -2.22. The van der Waals surface area contributed by atoms with Crippen molar-refractivity contribution >= 4 is 5.97 Å². The zero-order valence-corrected chi connectivity index (χ0v) is 7.60. The van der Waals surface area contributed by atoms with Gasteiger partial charge in [-0.15, -0.1) is 13.2 Å². The molecule has 84 valence electrons. The van der Waals surface area contributed by atoms with E-state index in [-0.39, 0.29) is 13.0 Å². The minimum absolute atomic E-state index is 0.233. The van der Waals surface area contributed by atoms with Gasteiger partial charge in [0.2, 0.25) is 0 Å². The molecule has 0 rings (SSSR count). The summed E-state index contributed by atoms with van der Waals surface area (Å²) < 4.78 is 38.1. The molecular formula is C7H12F3NO3. The van der Waals surface area contributed by atoms with Crippen molar-refractivity contribution in [1.82, 2.24) is 0 Å². The Hall–Kier alpha value is -0.820. The van der Waals surface area contributed by atoms with Crippen molar-refractivity contribution < 1.29 is 27.8 Å². The first-order valence-corrected chi connectivity index (χ1v) is 3.85. The Morgan fingerprint density at radius 2 is 2.00 bits per heavy atom. The molecule has 14 heavy (non-hydrogen) atoms. The summed E-state index contributed by atoms with van der Waals surface area (Å²) in [6.45, 7) is 0.335. The highest BCUT2D eigenvalue weighted by atomic mass is 19.4. The first-order chi connectivity index (χ1) is 6.21. The molecule has 0 heterocycles. The van der Waals surface area contributed by atoms with E-state index in [0.717, 1.165) is 0 Å². The Balaban J connectivity index is 4.04. The van der Waals surface area contributed by atoms with Gasteiger partial charge in [0, 0.05) is 6.54 Å². The van der Waals surface area contributed by atoms with Crippen molar-refractivity contribution in [1.29, 1.82) is 0 Å². The lowest BCUT2D eigenvalue weighted by Crippen LogP contribution is -2.37. The number of carboxylic acid groups (broad SMARTS) is 1. The maximum Gasteiger partial charge on any atom is 0.522 e. The minimum Gasteiger partial charge on any atom is -0.481 e. The third kappa shape index (κ3) is 4.43. The maximum atomic E-state index is 11.5. The Morgan fingerprint density at radius 1 is 1.50 bits per heavy atom. The summed E-state index contributed by atoms with van der Waals surface area (Å²) in [6.07, 6.45) is -5.01. The number of ether oxygens (including phenoxy) is 1. The molecule has 0 spiro atoms. The van der Waals surface area contributed by atoms with Crippen LogP contribution in [-0.4, -0.2) is 30.6 Å². The van der Waals surface area contributed by atoms with E-state index < -0.39 is 24.4 Å². The molecule has 0 aromatic heterocycles. The highest BCUT2D eigenvalue weighted by Crippen LogP contribution is 2.23. The SMILES string of the molecule is CC(CN)(CCOC(F)(F)F)C(=O)O. The zero-order chi connectivity index (χ0) is 11.4.